The molecule has 0 saturated carbocycles. The predicted octanol–water partition coefficient (Wildman–Crippen LogP) is 3.42. The molecule has 2 aliphatic heterocycles. The third kappa shape index (κ3) is 4.38. The normalized spacial score (nSPS) is 21.9. The second kappa shape index (κ2) is 9.21. The van der Waals surface area contributed by atoms with E-state index in [4.69, 9.17) is 9.15 Å². The van der Waals surface area contributed by atoms with Gasteiger partial charge in [-0.3, -0.25) is 4.79 Å². The van der Waals surface area contributed by atoms with Crippen LogP contribution in [0.3, 0.4) is 0 Å². The van der Waals surface area contributed by atoms with Crippen LogP contribution >= 0.6 is 0 Å². The summed E-state index contributed by atoms with van der Waals surface area (Å²) < 4.78 is 11.2. The highest BCUT2D eigenvalue weighted by Gasteiger charge is 2.32. The summed E-state index contributed by atoms with van der Waals surface area (Å²) in [5.74, 6) is 1.00. The van der Waals surface area contributed by atoms with Crippen LogP contribution in [0.5, 0.6) is 5.75 Å². The van der Waals surface area contributed by atoms with Gasteiger partial charge in [0.2, 0.25) is 0 Å². The molecule has 2 aliphatic rings. The maximum Gasteiger partial charge on any atom is 0.336 e. The molecule has 4 rings (SSSR count). The zero-order valence-electron chi connectivity index (χ0n) is 18.0. The molecule has 0 radical (unpaired) electrons. The molecular formula is C24H32N2O4. The largest absolute Gasteiger partial charge is 0.483 e. The van der Waals surface area contributed by atoms with E-state index < -0.39 is 0 Å². The van der Waals surface area contributed by atoms with Crippen molar-refractivity contribution < 1.29 is 13.9 Å². The molecule has 0 spiro atoms. The van der Waals surface area contributed by atoms with Gasteiger partial charge < -0.3 is 19.4 Å². The van der Waals surface area contributed by atoms with Crippen LogP contribution in [-0.4, -0.2) is 43.1 Å². The number of benzene rings is 1. The van der Waals surface area contributed by atoms with Crippen molar-refractivity contribution in [3.05, 3.63) is 39.7 Å². The van der Waals surface area contributed by atoms with Crippen LogP contribution < -0.4 is 15.7 Å². The van der Waals surface area contributed by atoms with Gasteiger partial charge in [-0.05, 0) is 75.7 Å². The highest BCUT2D eigenvalue weighted by atomic mass is 16.5. The maximum absolute atomic E-state index is 12.4. The molecule has 162 valence electrons. The Morgan fingerprint density at radius 3 is 2.90 bits per heavy atom. The van der Waals surface area contributed by atoms with Crippen molar-refractivity contribution in [3.8, 4) is 5.75 Å². The van der Waals surface area contributed by atoms with E-state index in [1.165, 1.54) is 51.3 Å². The van der Waals surface area contributed by atoms with Gasteiger partial charge >= 0.3 is 5.63 Å². The van der Waals surface area contributed by atoms with Gasteiger partial charge in [-0.2, -0.15) is 0 Å². The Hall–Kier alpha value is -2.34. The smallest absolute Gasteiger partial charge is 0.336 e. The van der Waals surface area contributed by atoms with Crippen molar-refractivity contribution in [2.45, 2.75) is 58.4 Å². The van der Waals surface area contributed by atoms with Crippen LogP contribution in [0.1, 0.15) is 50.2 Å². The Kier molecular flexibility index (Phi) is 6.42. The Labute approximate surface area is 177 Å². The van der Waals surface area contributed by atoms with Gasteiger partial charge in [-0.15, -0.1) is 0 Å². The number of nitrogens with one attached hydrogen (secondary N) is 1. The SMILES string of the molecule is CCc1cc(=O)oc2c(C)c(OCC(=O)NCC3CCCN4CCCCC34)ccc12. The number of hydrogen-bond donors (Lipinski definition) is 1. The molecule has 6 heteroatoms. The number of fused-ring (bicyclic) bond motifs is 2. The highest BCUT2D eigenvalue weighted by Crippen LogP contribution is 2.31. The van der Waals surface area contributed by atoms with E-state index in [9.17, 15) is 9.59 Å². The van der Waals surface area contributed by atoms with Crippen LogP contribution in [0.15, 0.2) is 27.4 Å². The number of nitrogens with zero attached hydrogens (tertiary/aromatic N) is 1. The third-order valence-electron chi connectivity index (χ3n) is 6.73. The number of aryl methyl sites for hydroxylation is 2. The summed E-state index contributed by atoms with van der Waals surface area (Å²) in [7, 11) is 0. The van der Waals surface area contributed by atoms with Crippen LogP contribution in [0, 0.1) is 12.8 Å². The first kappa shape index (κ1) is 20.9. The second-order valence-electron chi connectivity index (χ2n) is 8.60. The molecule has 3 heterocycles. The lowest BCUT2D eigenvalue weighted by atomic mass is 9.83. The van der Waals surface area contributed by atoms with Crippen LogP contribution in [-0.2, 0) is 11.2 Å². The van der Waals surface area contributed by atoms with E-state index in [-0.39, 0.29) is 18.1 Å². The first-order chi connectivity index (χ1) is 14.6. The predicted molar refractivity (Wildman–Crippen MR) is 117 cm³/mol. The van der Waals surface area contributed by atoms with Gasteiger partial charge in [0, 0.05) is 29.6 Å². The average Bonchev–Trinajstić information content (AvgIpc) is 2.77. The number of hydrogen-bond acceptors (Lipinski definition) is 5. The first-order valence-corrected chi connectivity index (χ1v) is 11.3. The molecule has 2 unspecified atom stereocenters. The van der Waals surface area contributed by atoms with Crippen molar-refractivity contribution in [2.75, 3.05) is 26.2 Å². The zero-order valence-corrected chi connectivity index (χ0v) is 18.0. The van der Waals surface area contributed by atoms with Crippen LogP contribution in [0.25, 0.3) is 11.0 Å². The van der Waals surface area contributed by atoms with Crippen molar-refractivity contribution in [3.63, 3.8) is 0 Å². The van der Waals surface area contributed by atoms with E-state index in [0.717, 1.165) is 29.5 Å². The molecule has 0 aliphatic carbocycles. The van der Waals surface area contributed by atoms with Gasteiger partial charge in [0.05, 0.1) is 0 Å². The Balaban J connectivity index is 1.36. The van der Waals surface area contributed by atoms with E-state index in [1.807, 2.05) is 26.0 Å². The quantitative estimate of drug-likeness (QED) is 0.736. The summed E-state index contributed by atoms with van der Waals surface area (Å²) in [5.41, 5.74) is 1.88. The molecule has 2 saturated heterocycles. The van der Waals surface area contributed by atoms with Gasteiger partial charge in [0.25, 0.3) is 5.91 Å². The summed E-state index contributed by atoms with van der Waals surface area (Å²) in [6.07, 6.45) is 7.00. The van der Waals surface area contributed by atoms with Crippen LogP contribution in [0.4, 0.5) is 0 Å². The molecule has 2 fully saturated rings. The van der Waals surface area contributed by atoms with Gasteiger partial charge in [-0.25, -0.2) is 4.79 Å². The van der Waals surface area contributed by atoms with Crippen molar-refractivity contribution >= 4 is 16.9 Å². The van der Waals surface area contributed by atoms with Gasteiger partial charge in [0.15, 0.2) is 6.61 Å². The van der Waals surface area contributed by atoms with E-state index in [1.54, 1.807) is 0 Å². The maximum atomic E-state index is 12.4. The summed E-state index contributed by atoms with van der Waals surface area (Å²) in [6, 6.07) is 5.91. The lowest BCUT2D eigenvalue weighted by Crippen LogP contribution is -2.51. The Morgan fingerprint density at radius 2 is 2.07 bits per heavy atom. The first-order valence-electron chi connectivity index (χ1n) is 11.3. The summed E-state index contributed by atoms with van der Waals surface area (Å²) in [5, 5.41) is 3.99. The molecule has 6 nitrogen and oxygen atoms in total. The summed E-state index contributed by atoms with van der Waals surface area (Å²) in [6.45, 7) is 6.96. The number of carbonyl (C=O) groups excluding carboxylic acids is 1. The molecule has 1 amide bonds. The fourth-order valence-corrected chi connectivity index (χ4v) is 5.11. The lowest BCUT2D eigenvalue weighted by molar-refractivity contribution is -0.123. The van der Waals surface area contributed by atoms with E-state index in [0.29, 0.717) is 23.3 Å². The molecule has 2 atom stereocenters. The third-order valence-corrected chi connectivity index (χ3v) is 6.73. The topological polar surface area (TPSA) is 71.8 Å². The molecule has 30 heavy (non-hydrogen) atoms. The fraction of sp³-hybridized carbons (Fsp3) is 0.583. The standard InChI is InChI=1S/C24H32N2O4/c1-3-17-13-23(28)30-24-16(2)21(10-9-19(17)24)29-15-22(27)25-14-18-7-6-12-26-11-5-4-8-20(18)26/h9-10,13,18,20H,3-8,11-12,14-15H2,1-2H3,(H,25,27). The van der Waals surface area contributed by atoms with Crippen molar-refractivity contribution in [1.82, 2.24) is 10.2 Å². The van der Waals surface area contributed by atoms with Crippen molar-refractivity contribution in [1.29, 1.82) is 0 Å². The molecule has 2 aromatic rings. The Bertz CT molecular complexity index is 966. The molecule has 1 aromatic heterocycles. The second-order valence-corrected chi connectivity index (χ2v) is 8.60. The molecule has 1 aromatic carbocycles. The minimum atomic E-state index is -0.360. The minimum absolute atomic E-state index is 0.0366. The number of ether oxygens (including phenoxy) is 1. The molecular weight excluding hydrogens is 380 g/mol. The number of rotatable bonds is 6. The number of piperidine rings is 2. The zero-order chi connectivity index (χ0) is 21.1. The van der Waals surface area contributed by atoms with Crippen molar-refractivity contribution in [2.24, 2.45) is 5.92 Å². The van der Waals surface area contributed by atoms with E-state index in [2.05, 4.69) is 10.2 Å². The van der Waals surface area contributed by atoms with Crippen LogP contribution in [0.2, 0.25) is 0 Å². The van der Waals surface area contributed by atoms with Gasteiger partial charge in [0.1, 0.15) is 11.3 Å². The molecule has 0 bridgehead atoms. The van der Waals surface area contributed by atoms with Gasteiger partial charge in [-0.1, -0.05) is 13.3 Å². The lowest BCUT2D eigenvalue weighted by Gasteiger charge is -2.44. The summed E-state index contributed by atoms with van der Waals surface area (Å²) in [4.78, 5) is 26.9. The highest BCUT2D eigenvalue weighted by molar-refractivity contribution is 5.85. The summed E-state index contributed by atoms with van der Waals surface area (Å²) >= 11 is 0. The monoisotopic (exact) mass is 412 g/mol. The Morgan fingerprint density at radius 1 is 1.23 bits per heavy atom. The average molecular weight is 413 g/mol. The fourth-order valence-electron chi connectivity index (χ4n) is 5.11. The minimum Gasteiger partial charge on any atom is -0.483 e. The van der Waals surface area contributed by atoms with E-state index >= 15 is 0 Å². The number of amides is 1. The molecule has 1 N–H and O–H groups in total. The number of carbonyl (C=O) groups is 1.